The lowest BCUT2D eigenvalue weighted by atomic mass is 10.2. The van der Waals surface area contributed by atoms with Crippen LogP contribution in [0.3, 0.4) is 0 Å². The third kappa shape index (κ3) is 4.36. The third-order valence-electron chi connectivity index (χ3n) is 4.25. The maximum Gasteiger partial charge on any atom is 0.267 e. The molecule has 0 spiro atoms. The van der Waals surface area contributed by atoms with Crippen molar-refractivity contribution in [1.82, 2.24) is 4.98 Å². The lowest BCUT2D eigenvalue weighted by Crippen LogP contribution is -2.10. The zero-order chi connectivity index (χ0) is 17.8. The Morgan fingerprint density at radius 3 is 2.81 bits per heavy atom. The number of hydrogen-bond acceptors (Lipinski definition) is 4. The number of thiazole rings is 1. The highest BCUT2D eigenvalue weighted by Crippen LogP contribution is 2.29. The van der Waals surface area contributed by atoms with Crippen LogP contribution in [0.2, 0.25) is 0 Å². The number of benzene rings is 2. The van der Waals surface area contributed by atoms with E-state index >= 15 is 0 Å². The maximum atomic E-state index is 12.5. The van der Waals surface area contributed by atoms with Gasteiger partial charge in [-0.05, 0) is 36.5 Å². The Morgan fingerprint density at radius 2 is 2.00 bits per heavy atom. The van der Waals surface area contributed by atoms with Crippen LogP contribution in [-0.4, -0.2) is 17.5 Å². The smallest absolute Gasteiger partial charge is 0.267 e. The predicted octanol–water partition coefficient (Wildman–Crippen LogP) is 4.99. The van der Waals surface area contributed by atoms with Gasteiger partial charge in [-0.25, -0.2) is 4.98 Å². The van der Waals surface area contributed by atoms with E-state index in [1.54, 1.807) is 6.20 Å². The van der Waals surface area contributed by atoms with Crippen LogP contribution in [-0.2, 0) is 11.3 Å². The van der Waals surface area contributed by atoms with Crippen LogP contribution in [0.1, 0.15) is 28.1 Å². The van der Waals surface area contributed by atoms with Crippen molar-refractivity contribution in [2.24, 2.45) is 5.92 Å². The second kappa shape index (κ2) is 7.81. The number of hydrogen-bond donors (Lipinski definition) is 1. The standard InChI is InChI=1S/C21H20N2O2S/c24-20(19-12-22-21(26-19)17-6-2-1-3-7-17)23-18-8-4-5-16(11-18)14-25-13-15-9-10-15/h1-8,11-12,15H,9-10,13-14H2,(H,23,24). The Morgan fingerprint density at radius 1 is 1.15 bits per heavy atom. The molecule has 0 atom stereocenters. The number of aromatic nitrogens is 1. The number of rotatable bonds is 7. The minimum atomic E-state index is -0.138. The summed E-state index contributed by atoms with van der Waals surface area (Å²) in [5.74, 6) is 0.615. The molecular formula is C21H20N2O2S. The highest BCUT2D eigenvalue weighted by molar-refractivity contribution is 7.17. The zero-order valence-corrected chi connectivity index (χ0v) is 15.2. The van der Waals surface area contributed by atoms with Crippen LogP contribution < -0.4 is 5.32 Å². The van der Waals surface area contributed by atoms with Crippen LogP contribution >= 0.6 is 11.3 Å². The molecule has 0 radical (unpaired) electrons. The molecule has 0 unspecified atom stereocenters. The minimum Gasteiger partial charge on any atom is -0.376 e. The summed E-state index contributed by atoms with van der Waals surface area (Å²) in [6, 6.07) is 17.7. The van der Waals surface area contributed by atoms with Crippen LogP contribution in [0.25, 0.3) is 10.6 Å². The average Bonchev–Trinajstić information content (AvgIpc) is 3.35. The zero-order valence-electron chi connectivity index (χ0n) is 14.4. The molecule has 1 aliphatic carbocycles. The highest BCUT2D eigenvalue weighted by Gasteiger charge is 2.21. The van der Waals surface area contributed by atoms with Crippen LogP contribution in [0.5, 0.6) is 0 Å². The van der Waals surface area contributed by atoms with E-state index < -0.39 is 0 Å². The molecule has 132 valence electrons. The Bertz CT molecular complexity index is 888. The maximum absolute atomic E-state index is 12.5. The summed E-state index contributed by atoms with van der Waals surface area (Å²) in [4.78, 5) is 17.5. The fourth-order valence-corrected chi connectivity index (χ4v) is 3.47. The predicted molar refractivity (Wildman–Crippen MR) is 104 cm³/mol. The molecule has 26 heavy (non-hydrogen) atoms. The molecule has 0 bridgehead atoms. The largest absolute Gasteiger partial charge is 0.376 e. The third-order valence-corrected chi connectivity index (χ3v) is 5.30. The summed E-state index contributed by atoms with van der Waals surface area (Å²) in [5.41, 5.74) is 2.86. The quantitative estimate of drug-likeness (QED) is 0.643. The molecule has 1 amide bonds. The van der Waals surface area contributed by atoms with Gasteiger partial charge in [-0.2, -0.15) is 0 Å². The summed E-state index contributed by atoms with van der Waals surface area (Å²) in [6.07, 6.45) is 4.21. The Hall–Kier alpha value is -2.50. The van der Waals surface area contributed by atoms with E-state index in [1.165, 1.54) is 24.2 Å². The molecule has 1 saturated carbocycles. The lowest BCUT2D eigenvalue weighted by molar-refractivity contribution is 0.103. The Labute approximate surface area is 156 Å². The highest BCUT2D eigenvalue weighted by atomic mass is 32.1. The van der Waals surface area contributed by atoms with Crippen molar-refractivity contribution in [3.05, 3.63) is 71.2 Å². The van der Waals surface area contributed by atoms with Crippen molar-refractivity contribution in [3.8, 4) is 10.6 Å². The van der Waals surface area contributed by atoms with E-state index in [4.69, 9.17) is 4.74 Å². The number of carbonyl (C=O) groups excluding carboxylic acids is 1. The van der Waals surface area contributed by atoms with E-state index in [9.17, 15) is 4.79 Å². The van der Waals surface area contributed by atoms with Gasteiger partial charge >= 0.3 is 0 Å². The monoisotopic (exact) mass is 364 g/mol. The molecule has 3 aromatic rings. The number of ether oxygens (including phenoxy) is 1. The Kier molecular flexibility index (Phi) is 5.09. The fourth-order valence-electron chi connectivity index (χ4n) is 2.65. The van der Waals surface area contributed by atoms with E-state index in [1.807, 2.05) is 54.6 Å². The van der Waals surface area contributed by atoms with E-state index in [0.29, 0.717) is 11.5 Å². The SMILES string of the molecule is O=C(Nc1cccc(COCC2CC2)c1)c1cnc(-c2ccccc2)s1. The van der Waals surface area contributed by atoms with Gasteiger partial charge in [0.05, 0.1) is 12.8 Å². The van der Waals surface area contributed by atoms with Gasteiger partial charge in [0, 0.05) is 17.9 Å². The van der Waals surface area contributed by atoms with Crippen LogP contribution in [0, 0.1) is 5.92 Å². The van der Waals surface area contributed by atoms with Gasteiger partial charge in [0.2, 0.25) is 0 Å². The fraction of sp³-hybridized carbons (Fsp3) is 0.238. The van der Waals surface area contributed by atoms with Crippen molar-refractivity contribution in [2.45, 2.75) is 19.4 Å². The van der Waals surface area contributed by atoms with Gasteiger partial charge in [-0.15, -0.1) is 11.3 Å². The molecule has 5 heteroatoms. The average molecular weight is 364 g/mol. The summed E-state index contributed by atoms with van der Waals surface area (Å²) in [7, 11) is 0. The first-order valence-corrected chi connectivity index (χ1v) is 9.59. The van der Waals surface area contributed by atoms with Gasteiger partial charge in [-0.1, -0.05) is 42.5 Å². The van der Waals surface area contributed by atoms with Gasteiger partial charge in [0.1, 0.15) is 9.88 Å². The first-order valence-electron chi connectivity index (χ1n) is 8.77. The van der Waals surface area contributed by atoms with Crippen molar-refractivity contribution in [2.75, 3.05) is 11.9 Å². The number of carbonyl (C=O) groups is 1. The lowest BCUT2D eigenvalue weighted by Gasteiger charge is -2.07. The van der Waals surface area contributed by atoms with Gasteiger partial charge in [0.25, 0.3) is 5.91 Å². The molecule has 2 aromatic carbocycles. The van der Waals surface area contributed by atoms with E-state index in [-0.39, 0.29) is 5.91 Å². The first kappa shape index (κ1) is 16.9. The molecule has 4 nitrogen and oxygen atoms in total. The molecule has 1 aromatic heterocycles. The second-order valence-electron chi connectivity index (χ2n) is 6.51. The number of anilines is 1. The molecule has 4 rings (SSSR count). The molecule has 1 fully saturated rings. The normalized spacial score (nSPS) is 13.5. The first-order chi connectivity index (χ1) is 12.8. The summed E-state index contributed by atoms with van der Waals surface area (Å²) in [5, 5.41) is 3.80. The number of amides is 1. The molecule has 1 heterocycles. The Balaban J connectivity index is 1.39. The van der Waals surface area contributed by atoms with Gasteiger partial charge in [-0.3, -0.25) is 4.79 Å². The molecule has 0 aliphatic heterocycles. The van der Waals surface area contributed by atoms with Gasteiger partial charge < -0.3 is 10.1 Å². The molecule has 1 aliphatic rings. The number of nitrogens with zero attached hydrogens (tertiary/aromatic N) is 1. The van der Waals surface area contributed by atoms with Crippen molar-refractivity contribution >= 4 is 22.9 Å². The van der Waals surface area contributed by atoms with Crippen LogP contribution in [0.15, 0.2) is 60.8 Å². The summed E-state index contributed by atoms with van der Waals surface area (Å²) < 4.78 is 5.72. The van der Waals surface area contributed by atoms with Crippen molar-refractivity contribution in [1.29, 1.82) is 0 Å². The number of nitrogens with one attached hydrogen (secondary N) is 1. The minimum absolute atomic E-state index is 0.138. The topological polar surface area (TPSA) is 51.2 Å². The second-order valence-corrected chi connectivity index (χ2v) is 7.54. The van der Waals surface area contributed by atoms with E-state index in [2.05, 4.69) is 10.3 Å². The van der Waals surface area contributed by atoms with Gasteiger partial charge in [0.15, 0.2) is 0 Å². The van der Waals surface area contributed by atoms with Crippen LogP contribution in [0.4, 0.5) is 5.69 Å². The van der Waals surface area contributed by atoms with Crippen molar-refractivity contribution < 1.29 is 9.53 Å². The molecule has 0 saturated heterocycles. The van der Waals surface area contributed by atoms with Crippen molar-refractivity contribution in [3.63, 3.8) is 0 Å². The summed E-state index contributed by atoms with van der Waals surface area (Å²) >= 11 is 1.39. The summed E-state index contributed by atoms with van der Waals surface area (Å²) in [6.45, 7) is 1.42. The van der Waals surface area contributed by atoms with E-state index in [0.717, 1.165) is 34.3 Å². The molecule has 1 N–H and O–H groups in total. The molecular weight excluding hydrogens is 344 g/mol.